The van der Waals surface area contributed by atoms with Gasteiger partial charge in [-0.25, -0.2) is 0 Å². The molecule has 126 valence electrons. The fraction of sp³-hybridized carbons (Fsp3) is 0.130. The molecule has 0 aliphatic heterocycles. The van der Waals surface area contributed by atoms with Gasteiger partial charge in [0.25, 0.3) is 0 Å². The Bertz CT molecular complexity index is 810. The van der Waals surface area contributed by atoms with Crippen molar-refractivity contribution in [3.8, 4) is 0 Å². The minimum atomic E-state index is -0.696. The Morgan fingerprint density at radius 2 is 1.40 bits per heavy atom. The molecule has 0 radical (unpaired) electrons. The zero-order valence-corrected chi connectivity index (χ0v) is 14.3. The minimum absolute atomic E-state index is 0.310. The van der Waals surface area contributed by atoms with Crippen LogP contribution >= 0.6 is 0 Å². The molecular formula is C23H24N2. The van der Waals surface area contributed by atoms with Crippen LogP contribution in [-0.2, 0) is 12.0 Å². The molecule has 0 heterocycles. The lowest BCUT2D eigenvalue weighted by atomic mass is 9.76. The van der Waals surface area contributed by atoms with Crippen molar-refractivity contribution in [2.75, 3.05) is 0 Å². The monoisotopic (exact) mass is 328 g/mol. The summed E-state index contributed by atoms with van der Waals surface area (Å²) in [6, 6.07) is 28.2. The molecule has 3 aromatic carbocycles. The molecule has 3 rings (SSSR count). The van der Waals surface area contributed by atoms with Gasteiger partial charge in [0.1, 0.15) is 0 Å². The zero-order valence-electron chi connectivity index (χ0n) is 14.3. The highest BCUT2D eigenvalue weighted by atomic mass is 14.9. The lowest BCUT2D eigenvalue weighted by molar-refractivity contribution is 0.356. The normalized spacial score (nSPS) is 14.5. The molecule has 2 heteroatoms. The summed E-state index contributed by atoms with van der Waals surface area (Å²) >= 11 is 0. The molecule has 0 amide bonds. The van der Waals surface area contributed by atoms with Gasteiger partial charge >= 0.3 is 0 Å². The molecule has 0 spiro atoms. The van der Waals surface area contributed by atoms with E-state index in [4.69, 9.17) is 11.5 Å². The van der Waals surface area contributed by atoms with Crippen LogP contribution in [0.3, 0.4) is 0 Å². The quantitative estimate of drug-likeness (QED) is 0.703. The fourth-order valence-corrected chi connectivity index (χ4v) is 3.21. The van der Waals surface area contributed by atoms with Gasteiger partial charge in [-0.15, -0.1) is 0 Å². The molecule has 4 N–H and O–H groups in total. The first-order chi connectivity index (χ1) is 12.1. The molecule has 2 atom stereocenters. The Labute approximate surface area is 149 Å². The zero-order chi connectivity index (χ0) is 17.7. The van der Waals surface area contributed by atoms with Crippen LogP contribution in [0, 0.1) is 0 Å². The molecular weight excluding hydrogens is 304 g/mol. The van der Waals surface area contributed by atoms with Crippen molar-refractivity contribution in [1.29, 1.82) is 0 Å². The van der Waals surface area contributed by atoms with Crippen molar-refractivity contribution in [2.45, 2.75) is 18.0 Å². The summed E-state index contributed by atoms with van der Waals surface area (Å²) in [7, 11) is 0. The molecule has 0 saturated heterocycles. The van der Waals surface area contributed by atoms with Crippen molar-refractivity contribution < 1.29 is 0 Å². The SMILES string of the molecule is C=Cc1ccc(CC(N)(c2ccccc2)C(N)c2ccccc2)cc1. The Morgan fingerprint density at radius 1 is 0.840 bits per heavy atom. The third-order valence-electron chi connectivity index (χ3n) is 4.74. The van der Waals surface area contributed by atoms with E-state index in [-0.39, 0.29) is 6.04 Å². The summed E-state index contributed by atoms with van der Waals surface area (Å²) in [5, 5.41) is 0. The van der Waals surface area contributed by atoms with Gasteiger partial charge in [0, 0.05) is 0 Å². The Hall–Kier alpha value is -2.68. The second kappa shape index (κ2) is 7.47. The third kappa shape index (κ3) is 3.71. The number of nitrogens with two attached hydrogens (primary N) is 2. The second-order valence-electron chi connectivity index (χ2n) is 6.42. The molecule has 3 aromatic rings. The lowest BCUT2D eigenvalue weighted by Gasteiger charge is -2.36. The van der Waals surface area contributed by atoms with Crippen molar-refractivity contribution >= 4 is 6.08 Å². The van der Waals surface area contributed by atoms with Crippen LogP contribution < -0.4 is 11.5 Å². The molecule has 0 saturated carbocycles. The first kappa shape index (κ1) is 17.2. The number of benzene rings is 3. The van der Waals surface area contributed by atoms with Crippen LogP contribution in [0.25, 0.3) is 6.08 Å². The van der Waals surface area contributed by atoms with E-state index in [9.17, 15) is 0 Å². The molecule has 0 bridgehead atoms. The van der Waals surface area contributed by atoms with Crippen molar-refractivity contribution in [3.63, 3.8) is 0 Å². The van der Waals surface area contributed by atoms with E-state index in [1.807, 2.05) is 54.6 Å². The molecule has 0 fully saturated rings. The van der Waals surface area contributed by atoms with Crippen LogP contribution in [0.2, 0.25) is 0 Å². The predicted octanol–water partition coefficient (Wildman–Crippen LogP) is 4.43. The van der Waals surface area contributed by atoms with E-state index in [1.54, 1.807) is 0 Å². The topological polar surface area (TPSA) is 52.0 Å². The van der Waals surface area contributed by atoms with E-state index in [0.29, 0.717) is 6.42 Å². The molecule has 0 aromatic heterocycles. The average molecular weight is 328 g/mol. The van der Waals surface area contributed by atoms with Crippen molar-refractivity contribution in [2.24, 2.45) is 11.5 Å². The maximum Gasteiger partial charge on any atom is 0.0646 e. The van der Waals surface area contributed by atoms with Crippen LogP contribution in [0.4, 0.5) is 0 Å². The maximum atomic E-state index is 6.95. The summed E-state index contributed by atoms with van der Waals surface area (Å²) in [5.41, 5.74) is 17.3. The highest BCUT2D eigenvalue weighted by Crippen LogP contribution is 2.34. The summed E-state index contributed by atoms with van der Waals surface area (Å²) < 4.78 is 0. The van der Waals surface area contributed by atoms with Gasteiger partial charge in [-0.2, -0.15) is 0 Å². The molecule has 2 nitrogen and oxygen atoms in total. The minimum Gasteiger partial charge on any atom is -0.322 e. The fourth-order valence-electron chi connectivity index (χ4n) is 3.21. The Balaban J connectivity index is 2.01. The van der Waals surface area contributed by atoms with E-state index >= 15 is 0 Å². The Kier molecular flexibility index (Phi) is 5.13. The van der Waals surface area contributed by atoms with E-state index in [0.717, 1.165) is 22.3 Å². The van der Waals surface area contributed by atoms with Crippen LogP contribution in [0.1, 0.15) is 28.3 Å². The molecule has 2 unspecified atom stereocenters. The summed E-state index contributed by atoms with van der Waals surface area (Å²) in [6.07, 6.45) is 2.50. The number of hydrogen-bond donors (Lipinski definition) is 2. The van der Waals surface area contributed by atoms with Crippen LogP contribution in [0.15, 0.2) is 91.5 Å². The Morgan fingerprint density at radius 3 is 1.96 bits per heavy atom. The van der Waals surface area contributed by atoms with Gasteiger partial charge in [-0.05, 0) is 28.7 Å². The van der Waals surface area contributed by atoms with E-state index in [1.165, 1.54) is 0 Å². The maximum absolute atomic E-state index is 6.95. The number of rotatable bonds is 6. The first-order valence-corrected chi connectivity index (χ1v) is 8.50. The molecule has 25 heavy (non-hydrogen) atoms. The number of hydrogen-bond acceptors (Lipinski definition) is 2. The van der Waals surface area contributed by atoms with Gasteiger partial charge in [-0.1, -0.05) is 97.6 Å². The smallest absolute Gasteiger partial charge is 0.0646 e. The third-order valence-corrected chi connectivity index (χ3v) is 4.74. The van der Waals surface area contributed by atoms with Gasteiger partial charge in [0.2, 0.25) is 0 Å². The predicted molar refractivity (Wildman–Crippen MR) is 106 cm³/mol. The largest absolute Gasteiger partial charge is 0.322 e. The van der Waals surface area contributed by atoms with Crippen molar-refractivity contribution in [1.82, 2.24) is 0 Å². The standard InChI is InChI=1S/C23H24N2/c1-2-18-13-15-19(16-14-18)17-23(25,21-11-7-4-8-12-21)22(24)20-9-5-3-6-10-20/h2-16,22H,1,17,24-25H2. The van der Waals surface area contributed by atoms with E-state index < -0.39 is 5.54 Å². The molecule has 0 aliphatic carbocycles. The lowest BCUT2D eigenvalue weighted by Crippen LogP contribution is -2.48. The van der Waals surface area contributed by atoms with Crippen LogP contribution in [0.5, 0.6) is 0 Å². The van der Waals surface area contributed by atoms with Gasteiger partial charge in [0.15, 0.2) is 0 Å². The average Bonchev–Trinajstić information content (AvgIpc) is 2.69. The second-order valence-corrected chi connectivity index (χ2v) is 6.42. The molecule has 0 aliphatic rings. The van der Waals surface area contributed by atoms with Crippen molar-refractivity contribution in [3.05, 3.63) is 114 Å². The van der Waals surface area contributed by atoms with Gasteiger partial charge < -0.3 is 11.5 Å². The summed E-state index contributed by atoms with van der Waals surface area (Å²) in [4.78, 5) is 0. The highest BCUT2D eigenvalue weighted by Gasteiger charge is 2.35. The van der Waals surface area contributed by atoms with Crippen LogP contribution in [-0.4, -0.2) is 0 Å². The first-order valence-electron chi connectivity index (χ1n) is 8.50. The van der Waals surface area contributed by atoms with Gasteiger partial charge in [-0.3, -0.25) is 0 Å². The highest BCUT2D eigenvalue weighted by molar-refractivity contribution is 5.47. The summed E-state index contributed by atoms with van der Waals surface area (Å²) in [5.74, 6) is 0. The van der Waals surface area contributed by atoms with E-state index in [2.05, 4.69) is 43.0 Å². The summed E-state index contributed by atoms with van der Waals surface area (Å²) in [6.45, 7) is 3.81. The van der Waals surface area contributed by atoms with Gasteiger partial charge in [0.05, 0.1) is 11.6 Å².